The number of likely N-dealkylation sites (tertiary alicyclic amines) is 1. The maximum Gasteiger partial charge on any atom is 0.258 e. The maximum atomic E-state index is 13.9. The van der Waals surface area contributed by atoms with Gasteiger partial charge in [-0.3, -0.25) is 14.7 Å². The van der Waals surface area contributed by atoms with Crippen molar-refractivity contribution in [2.45, 2.75) is 43.5 Å². The van der Waals surface area contributed by atoms with Gasteiger partial charge in [0.05, 0.1) is 16.1 Å². The molecular weight excluding hydrogens is 554 g/mol. The lowest BCUT2D eigenvalue weighted by Gasteiger charge is -2.36. The number of carbonyl (C=O) groups is 2. The fourth-order valence-electron chi connectivity index (χ4n) is 5.40. The van der Waals surface area contributed by atoms with Gasteiger partial charge in [-0.25, -0.2) is 17.2 Å². The molecular formula is C28H32F2N6O4S. The van der Waals surface area contributed by atoms with Crippen LogP contribution in [0.5, 0.6) is 0 Å². The maximum absolute atomic E-state index is 13.9. The zero-order valence-electron chi connectivity index (χ0n) is 23.0. The number of H-pyrrole nitrogens is 1. The van der Waals surface area contributed by atoms with Crippen LogP contribution >= 0.6 is 0 Å². The number of hydrogen-bond donors (Lipinski definition) is 3. The molecule has 218 valence electrons. The van der Waals surface area contributed by atoms with Crippen molar-refractivity contribution in [3.8, 4) is 0 Å². The standard InChI is InChI=1S/C28H32F2N6O4S/c1-28(2)16-36(41(39,40)20-13-18(29)12-19(30)14-20)15-22-24(28)33-34-25(22)32-27(38)21-6-4-5-7-23(21)31-26(37)17-8-10-35(3)11-9-17/h4-7,12-14,17H,8-11,15-16H2,1-3H3,(H,31,37)(H2,32,33,34,38). The monoisotopic (exact) mass is 586 g/mol. The number of nitrogens with zero attached hydrogens (tertiary/aromatic N) is 3. The third-order valence-corrected chi connectivity index (χ3v) is 9.44. The molecule has 0 radical (unpaired) electrons. The van der Waals surface area contributed by atoms with Gasteiger partial charge < -0.3 is 15.5 Å². The lowest BCUT2D eigenvalue weighted by Crippen LogP contribution is -2.45. The molecule has 0 spiro atoms. The first-order valence-electron chi connectivity index (χ1n) is 13.3. The van der Waals surface area contributed by atoms with Gasteiger partial charge in [0.2, 0.25) is 15.9 Å². The van der Waals surface area contributed by atoms with E-state index in [4.69, 9.17) is 0 Å². The molecule has 3 N–H and O–H groups in total. The molecule has 3 heterocycles. The average molecular weight is 587 g/mol. The third-order valence-electron chi connectivity index (χ3n) is 7.67. The topological polar surface area (TPSA) is 128 Å². The van der Waals surface area contributed by atoms with Gasteiger partial charge in [-0.05, 0) is 57.2 Å². The number of hydrogen-bond acceptors (Lipinski definition) is 6. The van der Waals surface area contributed by atoms with Gasteiger partial charge in [-0.1, -0.05) is 26.0 Å². The zero-order valence-corrected chi connectivity index (χ0v) is 23.8. The molecule has 1 aromatic heterocycles. The fraction of sp³-hybridized carbons (Fsp3) is 0.393. The molecule has 13 heteroatoms. The molecule has 3 aromatic rings. The number of aromatic nitrogens is 2. The normalized spacial score (nSPS) is 18.1. The third kappa shape index (κ3) is 5.88. The molecule has 0 unspecified atom stereocenters. The summed E-state index contributed by atoms with van der Waals surface area (Å²) in [6, 6.07) is 8.78. The first-order valence-corrected chi connectivity index (χ1v) is 14.7. The first-order chi connectivity index (χ1) is 19.3. The summed E-state index contributed by atoms with van der Waals surface area (Å²) in [7, 11) is -2.27. The minimum absolute atomic E-state index is 0.0157. The van der Waals surface area contributed by atoms with Crippen molar-refractivity contribution in [2.24, 2.45) is 5.92 Å². The van der Waals surface area contributed by atoms with Gasteiger partial charge in [0, 0.05) is 41.7 Å². The first kappa shape index (κ1) is 28.8. The van der Waals surface area contributed by atoms with Crippen LogP contribution in [0.4, 0.5) is 20.3 Å². The fourth-order valence-corrected chi connectivity index (χ4v) is 7.01. The number of benzene rings is 2. The number of rotatable bonds is 6. The molecule has 5 rings (SSSR count). The number of nitrogens with one attached hydrogen (secondary N) is 3. The Balaban J connectivity index is 1.38. The van der Waals surface area contributed by atoms with Gasteiger partial charge >= 0.3 is 0 Å². The minimum atomic E-state index is -4.28. The Hall–Kier alpha value is -3.68. The van der Waals surface area contributed by atoms with E-state index in [1.807, 2.05) is 7.05 Å². The molecule has 10 nitrogen and oxygen atoms in total. The number of amides is 2. The highest BCUT2D eigenvalue weighted by atomic mass is 32.2. The van der Waals surface area contributed by atoms with Crippen LogP contribution < -0.4 is 10.6 Å². The van der Waals surface area contributed by atoms with Crippen LogP contribution in [0.15, 0.2) is 47.4 Å². The van der Waals surface area contributed by atoms with Crippen molar-refractivity contribution in [1.82, 2.24) is 19.4 Å². The summed E-state index contributed by atoms with van der Waals surface area (Å²) >= 11 is 0. The van der Waals surface area contributed by atoms with E-state index in [1.165, 1.54) is 0 Å². The lowest BCUT2D eigenvalue weighted by molar-refractivity contribution is -0.121. The van der Waals surface area contributed by atoms with Crippen molar-refractivity contribution < 1.29 is 26.8 Å². The van der Waals surface area contributed by atoms with Gasteiger partial charge in [0.15, 0.2) is 5.82 Å². The number of carbonyl (C=O) groups excluding carboxylic acids is 2. The van der Waals surface area contributed by atoms with Gasteiger partial charge in [0.25, 0.3) is 5.91 Å². The number of piperidine rings is 1. The van der Waals surface area contributed by atoms with Crippen LogP contribution in [0.25, 0.3) is 0 Å². The molecule has 0 atom stereocenters. The average Bonchev–Trinajstić information content (AvgIpc) is 3.32. The quantitative estimate of drug-likeness (QED) is 0.404. The Morgan fingerprint density at radius 1 is 1.05 bits per heavy atom. The second-order valence-electron chi connectivity index (χ2n) is 11.3. The number of anilines is 2. The van der Waals surface area contributed by atoms with E-state index < -0.39 is 37.9 Å². The molecule has 0 aliphatic carbocycles. The van der Waals surface area contributed by atoms with Crippen LogP contribution in [0.1, 0.15) is 48.3 Å². The van der Waals surface area contributed by atoms with Crippen molar-refractivity contribution in [3.05, 3.63) is 70.9 Å². The second-order valence-corrected chi connectivity index (χ2v) is 13.2. The summed E-state index contributed by atoms with van der Waals surface area (Å²) in [4.78, 5) is 28.0. The number of sulfonamides is 1. The van der Waals surface area contributed by atoms with Crippen molar-refractivity contribution >= 4 is 33.3 Å². The highest BCUT2D eigenvalue weighted by Gasteiger charge is 2.41. The molecule has 0 saturated carbocycles. The Bertz CT molecular complexity index is 1580. The summed E-state index contributed by atoms with van der Waals surface area (Å²) < 4.78 is 55.6. The number of para-hydroxylation sites is 1. The van der Waals surface area contributed by atoms with Crippen LogP contribution in [0.2, 0.25) is 0 Å². The summed E-state index contributed by atoms with van der Waals surface area (Å²) in [5, 5.41) is 12.8. The molecule has 41 heavy (non-hydrogen) atoms. The van der Waals surface area contributed by atoms with Crippen molar-refractivity contribution in [2.75, 3.05) is 37.3 Å². The predicted molar refractivity (Wildman–Crippen MR) is 149 cm³/mol. The second kappa shape index (κ2) is 11.0. The SMILES string of the molecule is CN1CCC(C(=O)Nc2ccccc2C(=O)Nc2n[nH]c3c2CN(S(=O)(=O)c2cc(F)cc(F)c2)CC3(C)C)CC1. The molecule has 1 saturated heterocycles. The van der Waals surface area contributed by atoms with E-state index in [2.05, 4.69) is 25.7 Å². The van der Waals surface area contributed by atoms with E-state index in [0.717, 1.165) is 42.4 Å². The van der Waals surface area contributed by atoms with Gasteiger partial charge in [0.1, 0.15) is 11.6 Å². The Labute approximate surface area is 237 Å². The summed E-state index contributed by atoms with van der Waals surface area (Å²) in [5.74, 6) is -2.71. The van der Waals surface area contributed by atoms with Crippen LogP contribution in [0, 0.1) is 17.6 Å². The summed E-state index contributed by atoms with van der Waals surface area (Å²) in [5.41, 5.74) is 0.885. The Morgan fingerprint density at radius 2 is 1.71 bits per heavy atom. The van der Waals surface area contributed by atoms with Gasteiger partial charge in [-0.2, -0.15) is 9.40 Å². The van der Waals surface area contributed by atoms with E-state index >= 15 is 0 Å². The predicted octanol–water partition coefficient (Wildman–Crippen LogP) is 3.70. The number of fused-ring (bicyclic) bond motifs is 1. The molecule has 2 aliphatic rings. The number of aromatic amines is 1. The Morgan fingerprint density at radius 3 is 2.39 bits per heavy atom. The molecule has 2 aliphatic heterocycles. The molecule has 2 amide bonds. The molecule has 0 bridgehead atoms. The zero-order chi connectivity index (χ0) is 29.5. The van der Waals surface area contributed by atoms with Crippen molar-refractivity contribution in [3.63, 3.8) is 0 Å². The summed E-state index contributed by atoms with van der Waals surface area (Å²) in [6.45, 7) is 5.08. The highest BCUT2D eigenvalue weighted by molar-refractivity contribution is 7.89. The van der Waals surface area contributed by atoms with Gasteiger partial charge in [-0.15, -0.1) is 0 Å². The van der Waals surface area contributed by atoms with E-state index in [0.29, 0.717) is 23.0 Å². The highest BCUT2D eigenvalue weighted by Crippen LogP contribution is 2.38. The van der Waals surface area contributed by atoms with Crippen LogP contribution in [-0.4, -0.2) is 66.3 Å². The van der Waals surface area contributed by atoms with Crippen molar-refractivity contribution in [1.29, 1.82) is 0 Å². The summed E-state index contributed by atoms with van der Waals surface area (Å²) in [6.07, 6.45) is 1.46. The van der Waals surface area contributed by atoms with E-state index in [9.17, 15) is 26.8 Å². The number of halogens is 2. The molecule has 1 fully saturated rings. The van der Waals surface area contributed by atoms with Crippen LogP contribution in [-0.2, 0) is 26.8 Å². The smallest absolute Gasteiger partial charge is 0.258 e. The lowest BCUT2D eigenvalue weighted by atomic mass is 9.84. The van der Waals surface area contributed by atoms with E-state index in [-0.39, 0.29) is 36.3 Å². The van der Waals surface area contributed by atoms with E-state index in [1.54, 1.807) is 38.1 Å². The largest absolute Gasteiger partial charge is 0.325 e. The minimum Gasteiger partial charge on any atom is -0.325 e. The Kier molecular flexibility index (Phi) is 7.70. The molecule has 2 aromatic carbocycles. The van der Waals surface area contributed by atoms with Crippen LogP contribution in [0.3, 0.4) is 0 Å².